The van der Waals surface area contributed by atoms with Crippen molar-refractivity contribution >= 4 is 84.6 Å². The molecule has 88 heavy (non-hydrogen) atoms. The fourth-order valence-electron chi connectivity index (χ4n) is 13.6. The number of methoxy groups -OCH3 is 2. The van der Waals surface area contributed by atoms with Crippen LogP contribution >= 0.6 is 0 Å². The van der Waals surface area contributed by atoms with E-state index < -0.39 is 11.6 Å². The highest BCUT2D eigenvalue weighted by Gasteiger charge is 2.42. The summed E-state index contributed by atoms with van der Waals surface area (Å²) in [7, 11) is 3.46. The highest BCUT2D eigenvalue weighted by Crippen LogP contribution is 2.51. The highest BCUT2D eigenvalue weighted by molar-refractivity contribution is 6.11. The number of anilines is 4. The zero-order chi connectivity index (χ0) is 61.3. The number of nitrogens with one attached hydrogen (secondary N) is 2. The van der Waals surface area contributed by atoms with Gasteiger partial charge in [0.25, 0.3) is 0 Å². The largest absolute Gasteiger partial charge is 0.497 e. The number of azo groups is 2. The standard InChI is InChI=1S/C73H79N10O5/c1-10-82-63-35-29-51(86-8)45-56(63)71(3,4)65(82)37-27-48-19-17-20-49(28-38-66-72(5,6)57-46-52(87-9)30-36-64(57)83(66)11-2)70(48)81-43-41-80(42-44-81)67(84)39-40-68(85)88-47-73(7)74-61-26-18-25-55-60(33-34-62(75-73)69(55)61)79-78-59-32-31-58(53-23-15-16-24-54(53)59)77-76-50-21-13-12-14-22-50/h12-16,18,21-38,45-46,74-75H,10-11,17,19-20,39-44,47H2,1-9H3/q+1. The second-order valence-corrected chi connectivity index (χ2v) is 24.6. The Hall–Kier alpha value is -9.37. The summed E-state index contributed by atoms with van der Waals surface area (Å²) in [6.07, 6.45) is 12.4. The van der Waals surface area contributed by atoms with E-state index in [4.69, 9.17) is 24.4 Å². The van der Waals surface area contributed by atoms with E-state index in [1.165, 1.54) is 50.8 Å². The lowest BCUT2D eigenvalue weighted by Crippen LogP contribution is -2.49. The zero-order valence-corrected chi connectivity index (χ0v) is 52.1. The number of ether oxygens (including phenoxy) is 3. The number of carbonyl (C=O) groups excluding carboxylic acids is 2. The van der Waals surface area contributed by atoms with E-state index in [-0.39, 0.29) is 36.2 Å². The Morgan fingerprint density at radius 3 is 1.65 bits per heavy atom. The van der Waals surface area contributed by atoms with Gasteiger partial charge in [-0.1, -0.05) is 94.4 Å². The molecule has 4 heterocycles. The van der Waals surface area contributed by atoms with Gasteiger partial charge in [-0.2, -0.15) is 5.11 Å². The molecule has 4 aliphatic heterocycles. The lowest BCUT2D eigenvalue weighted by Gasteiger charge is -2.38. The van der Waals surface area contributed by atoms with Crippen LogP contribution in [-0.4, -0.2) is 92.8 Å². The predicted molar refractivity (Wildman–Crippen MR) is 354 cm³/mol. The number of nitrogens with zero attached hydrogens (tertiary/aromatic N) is 8. The van der Waals surface area contributed by atoms with Gasteiger partial charge in [0.05, 0.1) is 56.5 Å². The van der Waals surface area contributed by atoms with Crippen LogP contribution in [0.25, 0.3) is 21.5 Å². The third-order valence-electron chi connectivity index (χ3n) is 18.2. The Labute approximate surface area is 516 Å². The van der Waals surface area contributed by atoms with Gasteiger partial charge in [0.1, 0.15) is 23.8 Å². The van der Waals surface area contributed by atoms with Gasteiger partial charge in [-0.3, -0.25) is 9.59 Å². The van der Waals surface area contributed by atoms with Gasteiger partial charge in [-0.15, -0.1) is 15.3 Å². The third-order valence-corrected chi connectivity index (χ3v) is 18.2. The number of allylic oxidation sites excluding steroid dienone is 8. The van der Waals surface area contributed by atoms with Crippen LogP contribution < -0.4 is 29.9 Å². The molecule has 1 saturated heterocycles. The molecule has 1 unspecified atom stereocenters. The lowest BCUT2D eigenvalue weighted by atomic mass is 9.82. The first kappa shape index (κ1) is 59.0. The van der Waals surface area contributed by atoms with E-state index in [2.05, 4.69) is 137 Å². The summed E-state index contributed by atoms with van der Waals surface area (Å²) in [6, 6.07) is 44.3. The first-order valence-corrected chi connectivity index (χ1v) is 30.9. The van der Waals surface area contributed by atoms with Crippen LogP contribution in [0, 0.1) is 0 Å². The average molecular weight is 1180 g/mol. The van der Waals surface area contributed by atoms with Gasteiger partial charge in [0, 0.05) is 97.2 Å². The van der Waals surface area contributed by atoms with Crippen molar-refractivity contribution in [2.24, 2.45) is 20.5 Å². The van der Waals surface area contributed by atoms with Gasteiger partial charge in [-0.05, 0) is 142 Å². The summed E-state index contributed by atoms with van der Waals surface area (Å²) in [6.45, 7) is 19.8. The number of fused-ring (bicyclic) bond motifs is 3. The summed E-state index contributed by atoms with van der Waals surface area (Å²) >= 11 is 0. The van der Waals surface area contributed by atoms with E-state index in [9.17, 15) is 9.59 Å². The Bertz CT molecular complexity index is 3980. The first-order chi connectivity index (χ1) is 42.6. The molecule has 15 heteroatoms. The fourth-order valence-corrected chi connectivity index (χ4v) is 13.6. The summed E-state index contributed by atoms with van der Waals surface area (Å²) < 4.78 is 19.8. The minimum atomic E-state index is -0.827. The molecule has 12 rings (SSSR count). The van der Waals surface area contributed by atoms with Crippen molar-refractivity contribution in [1.82, 2.24) is 4.90 Å². The van der Waals surface area contributed by atoms with Crippen LogP contribution in [0.5, 0.6) is 11.5 Å². The van der Waals surface area contributed by atoms with Crippen molar-refractivity contribution in [2.75, 3.05) is 80.5 Å². The smallest absolute Gasteiger partial charge is 0.306 e. The maximum absolute atomic E-state index is 14.0. The molecule has 1 aliphatic carbocycles. The van der Waals surface area contributed by atoms with Crippen LogP contribution in [-0.2, 0) is 25.2 Å². The lowest BCUT2D eigenvalue weighted by molar-refractivity contribution is -0.537. The van der Waals surface area contributed by atoms with Crippen LogP contribution in [0.3, 0.4) is 0 Å². The molecule has 0 spiro atoms. The molecule has 7 aromatic rings. The Morgan fingerprint density at radius 1 is 0.580 bits per heavy atom. The van der Waals surface area contributed by atoms with Crippen molar-refractivity contribution in [1.29, 1.82) is 0 Å². The van der Waals surface area contributed by atoms with Gasteiger partial charge < -0.3 is 39.5 Å². The summed E-state index contributed by atoms with van der Waals surface area (Å²) in [5.41, 5.74) is 14.7. The maximum atomic E-state index is 14.0. The SMILES string of the molecule is CCN1/C(=C\C=C2/CCC/C(=C\C=C3\N(CC)c4ccc(OC)cc4C3(C)C)C2=[N+]2CCN(C(=O)CCC(=O)OCC3(C)Nc4cccc5c(N=Nc6ccc(N=Nc7ccccc7)c7ccccc67)ccc(c45)N3)CC2)C(C)(C)c2cc(OC)ccc21. The highest BCUT2D eigenvalue weighted by atomic mass is 16.5. The summed E-state index contributed by atoms with van der Waals surface area (Å²) in [5, 5.41) is 29.4. The molecule has 1 saturated carbocycles. The number of benzene rings is 7. The molecule has 1 atom stereocenters. The van der Waals surface area contributed by atoms with Gasteiger partial charge in [-0.25, -0.2) is 4.58 Å². The number of hydrogen-bond acceptors (Lipinski definition) is 13. The summed E-state index contributed by atoms with van der Waals surface area (Å²) in [4.78, 5) is 34.3. The monoisotopic (exact) mass is 1180 g/mol. The van der Waals surface area contributed by atoms with E-state index in [1.54, 1.807) is 14.2 Å². The number of likely N-dealkylation sites (N-methyl/N-ethyl adjacent to an activating group) is 2. The fraction of sp³-hybridized carbons (Fsp3) is 0.329. The molecule has 0 aromatic heterocycles. The predicted octanol–water partition coefficient (Wildman–Crippen LogP) is 16.5. The normalized spacial score (nSPS) is 20.4. The second kappa shape index (κ2) is 24.4. The van der Waals surface area contributed by atoms with Gasteiger partial charge >= 0.3 is 5.97 Å². The van der Waals surface area contributed by atoms with Gasteiger partial charge in [0.15, 0.2) is 13.1 Å². The Morgan fingerprint density at radius 2 is 1.09 bits per heavy atom. The van der Waals surface area contributed by atoms with Crippen molar-refractivity contribution in [3.63, 3.8) is 0 Å². The first-order valence-electron chi connectivity index (χ1n) is 30.9. The van der Waals surface area contributed by atoms with Crippen molar-refractivity contribution in [3.05, 3.63) is 191 Å². The van der Waals surface area contributed by atoms with Crippen LogP contribution in [0.15, 0.2) is 201 Å². The molecule has 7 aromatic carbocycles. The number of rotatable bonds is 15. The van der Waals surface area contributed by atoms with Gasteiger partial charge in [0.2, 0.25) is 11.6 Å². The third kappa shape index (κ3) is 11.3. The van der Waals surface area contributed by atoms with E-state index >= 15 is 0 Å². The molecule has 15 nitrogen and oxygen atoms in total. The summed E-state index contributed by atoms with van der Waals surface area (Å²) in [5.74, 6) is 1.25. The van der Waals surface area contributed by atoms with Crippen LogP contribution in [0.1, 0.15) is 91.7 Å². The molecule has 2 N–H and O–H groups in total. The minimum absolute atomic E-state index is 0.0184. The van der Waals surface area contributed by atoms with Crippen molar-refractivity contribution in [2.45, 2.75) is 97.1 Å². The molecule has 1 amide bonds. The molecule has 2 fully saturated rings. The molecule has 0 radical (unpaired) electrons. The molecular weight excluding hydrogens is 1100 g/mol. The average Bonchev–Trinajstić information content (AvgIpc) is 2.12. The van der Waals surface area contributed by atoms with Crippen molar-refractivity contribution in [3.8, 4) is 11.5 Å². The molecule has 5 aliphatic rings. The minimum Gasteiger partial charge on any atom is -0.497 e. The topological polar surface area (TPSA) is 148 Å². The number of carbonyl (C=O) groups is 2. The second-order valence-electron chi connectivity index (χ2n) is 24.6. The Balaban J connectivity index is 0.722. The maximum Gasteiger partial charge on any atom is 0.306 e. The van der Waals surface area contributed by atoms with E-state index in [1.807, 2.05) is 109 Å². The van der Waals surface area contributed by atoms with Crippen molar-refractivity contribution < 1.29 is 28.4 Å². The molecular formula is C73H79N10O5+. The Kier molecular flexibility index (Phi) is 16.4. The number of amides is 1. The van der Waals surface area contributed by atoms with E-state index in [0.29, 0.717) is 37.6 Å². The van der Waals surface area contributed by atoms with E-state index in [0.717, 1.165) is 88.1 Å². The quantitative estimate of drug-likeness (QED) is 0.0581. The number of piperazine rings is 1. The van der Waals surface area contributed by atoms with Crippen LogP contribution in [0.4, 0.5) is 45.5 Å². The number of hydrogen-bond donors (Lipinski definition) is 2. The number of esters is 1. The zero-order valence-electron chi connectivity index (χ0n) is 52.1. The molecule has 0 bridgehead atoms. The molecule has 450 valence electrons. The van der Waals surface area contributed by atoms with Crippen LogP contribution in [0.2, 0.25) is 0 Å².